The number of halogens is 1. The Morgan fingerprint density at radius 1 is 1.61 bits per heavy atom. The quantitative estimate of drug-likeness (QED) is 0.905. The molecule has 1 aromatic rings. The highest BCUT2D eigenvalue weighted by Gasteiger charge is 2.30. The van der Waals surface area contributed by atoms with Crippen LogP contribution in [-0.4, -0.2) is 29.1 Å². The summed E-state index contributed by atoms with van der Waals surface area (Å²) in [4.78, 5) is 17.0. The van der Waals surface area contributed by atoms with Crippen molar-refractivity contribution in [2.75, 3.05) is 6.61 Å². The number of hydrogen-bond donors (Lipinski definition) is 1. The maximum absolute atomic E-state index is 12.2. The summed E-state index contributed by atoms with van der Waals surface area (Å²) in [5, 5.41) is 3.08. The molecule has 6 heteroatoms. The van der Waals surface area contributed by atoms with Crippen LogP contribution < -0.4 is 5.32 Å². The number of thiazole rings is 1. The Labute approximate surface area is 119 Å². The molecule has 1 atom stereocenters. The van der Waals surface area contributed by atoms with Crippen molar-refractivity contribution in [1.29, 1.82) is 0 Å². The number of nitrogens with one attached hydrogen (secondary N) is 1. The van der Waals surface area contributed by atoms with Gasteiger partial charge in [-0.25, -0.2) is 4.98 Å². The standard InChI is InChI=1S/C12H17BrN2O2S/c1-7-9(18-11(13)14-7)10(16)15-8-4-5-17-12(2,3)6-8/h8H,4-6H2,1-3H3,(H,15,16)/t8-/m0/s1. The van der Waals surface area contributed by atoms with Gasteiger partial charge in [0, 0.05) is 12.6 Å². The molecule has 0 bridgehead atoms. The summed E-state index contributed by atoms with van der Waals surface area (Å²) >= 11 is 4.68. The molecule has 2 heterocycles. The molecule has 1 amide bonds. The molecule has 0 spiro atoms. The second-order valence-electron chi connectivity index (χ2n) is 5.15. The van der Waals surface area contributed by atoms with Crippen LogP contribution in [0, 0.1) is 6.92 Å². The van der Waals surface area contributed by atoms with Crippen LogP contribution in [-0.2, 0) is 4.74 Å². The molecule has 100 valence electrons. The summed E-state index contributed by atoms with van der Waals surface area (Å²) < 4.78 is 6.39. The third kappa shape index (κ3) is 3.30. The average Bonchev–Trinajstić information content (AvgIpc) is 2.56. The third-order valence-electron chi connectivity index (χ3n) is 3.01. The van der Waals surface area contributed by atoms with Gasteiger partial charge in [0.1, 0.15) is 4.88 Å². The average molecular weight is 333 g/mol. The molecular weight excluding hydrogens is 316 g/mol. The molecule has 4 nitrogen and oxygen atoms in total. The first-order chi connectivity index (χ1) is 8.37. The van der Waals surface area contributed by atoms with E-state index in [2.05, 4.69) is 40.1 Å². The number of nitrogens with zero attached hydrogens (tertiary/aromatic N) is 1. The van der Waals surface area contributed by atoms with Gasteiger partial charge in [-0.2, -0.15) is 0 Å². The van der Waals surface area contributed by atoms with Gasteiger partial charge in [-0.3, -0.25) is 4.79 Å². The minimum absolute atomic E-state index is 0.0293. The topological polar surface area (TPSA) is 51.2 Å². The number of carbonyl (C=O) groups excluding carboxylic acids is 1. The first-order valence-electron chi connectivity index (χ1n) is 5.95. The van der Waals surface area contributed by atoms with Crippen LogP contribution in [0.2, 0.25) is 0 Å². The van der Waals surface area contributed by atoms with Gasteiger partial charge in [0.15, 0.2) is 3.92 Å². The number of aromatic nitrogens is 1. The van der Waals surface area contributed by atoms with E-state index in [4.69, 9.17) is 4.74 Å². The largest absolute Gasteiger partial charge is 0.375 e. The van der Waals surface area contributed by atoms with E-state index in [0.717, 1.165) is 22.5 Å². The summed E-state index contributed by atoms with van der Waals surface area (Å²) in [5.74, 6) is -0.0293. The molecule has 1 saturated heterocycles. The monoisotopic (exact) mass is 332 g/mol. The summed E-state index contributed by atoms with van der Waals surface area (Å²) in [6, 6.07) is 0.182. The molecule has 0 saturated carbocycles. The number of hydrogen-bond acceptors (Lipinski definition) is 4. The van der Waals surface area contributed by atoms with Crippen molar-refractivity contribution in [3.05, 3.63) is 14.5 Å². The van der Waals surface area contributed by atoms with Gasteiger partial charge in [0.25, 0.3) is 5.91 Å². The van der Waals surface area contributed by atoms with E-state index in [9.17, 15) is 4.79 Å². The smallest absolute Gasteiger partial charge is 0.263 e. The van der Waals surface area contributed by atoms with Crippen LogP contribution >= 0.6 is 27.3 Å². The molecule has 0 radical (unpaired) electrons. The van der Waals surface area contributed by atoms with E-state index in [0.29, 0.717) is 11.5 Å². The number of rotatable bonds is 2. The maximum atomic E-state index is 12.2. The SMILES string of the molecule is Cc1nc(Br)sc1C(=O)N[C@H]1CCOC(C)(C)C1. The van der Waals surface area contributed by atoms with Gasteiger partial charge in [0.05, 0.1) is 11.3 Å². The predicted molar refractivity (Wildman–Crippen MR) is 75.1 cm³/mol. The van der Waals surface area contributed by atoms with E-state index in [1.165, 1.54) is 11.3 Å². The number of carbonyl (C=O) groups is 1. The lowest BCUT2D eigenvalue weighted by atomic mass is 9.94. The van der Waals surface area contributed by atoms with Gasteiger partial charge in [-0.1, -0.05) is 0 Å². The van der Waals surface area contributed by atoms with E-state index in [1.807, 2.05) is 6.92 Å². The molecule has 0 aliphatic carbocycles. The van der Waals surface area contributed by atoms with Crippen LogP contribution in [0.5, 0.6) is 0 Å². The van der Waals surface area contributed by atoms with Crippen LogP contribution in [0.15, 0.2) is 3.92 Å². The second kappa shape index (κ2) is 5.27. The van der Waals surface area contributed by atoms with Crippen molar-refractivity contribution in [2.45, 2.75) is 45.3 Å². The van der Waals surface area contributed by atoms with Crippen molar-refractivity contribution < 1.29 is 9.53 Å². The molecule has 2 rings (SSSR count). The lowest BCUT2D eigenvalue weighted by Gasteiger charge is -2.35. The van der Waals surface area contributed by atoms with Gasteiger partial charge in [-0.05, 0) is 49.5 Å². The van der Waals surface area contributed by atoms with Crippen molar-refractivity contribution in [1.82, 2.24) is 10.3 Å². The van der Waals surface area contributed by atoms with Gasteiger partial charge in [-0.15, -0.1) is 11.3 Å². The van der Waals surface area contributed by atoms with E-state index in [-0.39, 0.29) is 17.6 Å². The van der Waals surface area contributed by atoms with Gasteiger partial charge >= 0.3 is 0 Å². The van der Waals surface area contributed by atoms with Crippen LogP contribution in [0.4, 0.5) is 0 Å². The first-order valence-corrected chi connectivity index (χ1v) is 7.56. The summed E-state index contributed by atoms with van der Waals surface area (Å²) in [6.07, 6.45) is 1.71. The molecular formula is C12H17BrN2O2S. The Morgan fingerprint density at radius 3 is 2.89 bits per heavy atom. The highest BCUT2D eigenvalue weighted by atomic mass is 79.9. The predicted octanol–water partition coefficient (Wildman–Crippen LogP) is 2.90. The van der Waals surface area contributed by atoms with E-state index in [1.54, 1.807) is 0 Å². The molecule has 0 unspecified atom stereocenters. The van der Waals surface area contributed by atoms with Crippen molar-refractivity contribution >= 4 is 33.2 Å². The minimum Gasteiger partial charge on any atom is -0.375 e. The van der Waals surface area contributed by atoms with Crippen molar-refractivity contribution in [2.24, 2.45) is 0 Å². The third-order valence-corrected chi connectivity index (χ3v) is 4.62. The van der Waals surface area contributed by atoms with Crippen molar-refractivity contribution in [3.8, 4) is 0 Å². The number of ether oxygens (including phenoxy) is 1. The lowest BCUT2D eigenvalue weighted by molar-refractivity contribution is -0.0615. The van der Waals surface area contributed by atoms with Crippen molar-refractivity contribution in [3.63, 3.8) is 0 Å². The highest BCUT2D eigenvalue weighted by Crippen LogP contribution is 2.26. The summed E-state index contributed by atoms with van der Waals surface area (Å²) in [7, 11) is 0. The molecule has 18 heavy (non-hydrogen) atoms. The minimum atomic E-state index is -0.153. The van der Waals surface area contributed by atoms with E-state index >= 15 is 0 Å². The first kappa shape index (κ1) is 14.0. The molecule has 1 aliphatic heterocycles. The fraction of sp³-hybridized carbons (Fsp3) is 0.667. The molecule has 1 aromatic heterocycles. The maximum Gasteiger partial charge on any atom is 0.263 e. The summed E-state index contributed by atoms with van der Waals surface area (Å²) in [5.41, 5.74) is 0.621. The summed E-state index contributed by atoms with van der Waals surface area (Å²) in [6.45, 7) is 6.66. The Kier molecular flexibility index (Phi) is 4.08. The number of aryl methyl sites for hydroxylation is 1. The normalized spacial score (nSPS) is 22.8. The Hall–Kier alpha value is -0.460. The van der Waals surface area contributed by atoms with Crippen LogP contribution in [0.1, 0.15) is 42.1 Å². The second-order valence-corrected chi connectivity index (χ2v) is 7.43. The fourth-order valence-electron chi connectivity index (χ4n) is 2.18. The molecule has 1 fully saturated rings. The Balaban J connectivity index is 2.01. The zero-order chi connectivity index (χ0) is 13.3. The van der Waals surface area contributed by atoms with Gasteiger partial charge < -0.3 is 10.1 Å². The fourth-order valence-corrected chi connectivity index (χ4v) is 3.63. The molecule has 0 aromatic carbocycles. The van der Waals surface area contributed by atoms with Gasteiger partial charge in [0.2, 0.25) is 0 Å². The number of amides is 1. The highest BCUT2D eigenvalue weighted by molar-refractivity contribution is 9.11. The zero-order valence-electron chi connectivity index (χ0n) is 10.7. The Morgan fingerprint density at radius 2 is 2.33 bits per heavy atom. The van der Waals surface area contributed by atoms with E-state index < -0.39 is 0 Å². The lowest BCUT2D eigenvalue weighted by Crippen LogP contribution is -2.45. The van der Waals surface area contributed by atoms with Crippen LogP contribution in [0.25, 0.3) is 0 Å². The Bertz CT molecular complexity index is 459. The van der Waals surface area contributed by atoms with Crippen LogP contribution in [0.3, 0.4) is 0 Å². The molecule has 1 N–H and O–H groups in total. The zero-order valence-corrected chi connectivity index (χ0v) is 13.2. The molecule has 1 aliphatic rings.